The predicted molar refractivity (Wildman–Crippen MR) is 75.2 cm³/mol. The van der Waals surface area contributed by atoms with Crippen LogP contribution >= 0.6 is 15.9 Å². The molecular weight excluding hydrogens is 310 g/mol. The van der Waals surface area contributed by atoms with Crippen LogP contribution in [0.3, 0.4) is 0 Å². The van der Waals surface area contributed by atoms with Crippen LogP contribution in [0.25, 0.3) is 0 Å². The fraction of sp³-hybridized carbons (Fsp3) is 0.0769. The molecule has 0 aliphatic heterocycles. The van der Waals surface area contributed by atoms with Crippen molar-refractivity contribution < 1.29 is 9.94 Å². The first kappa shape index (κ1) is 13.4. The summed E-state index contributed by atoms with van der Waals surface area (Å²) in [6, 6.07) is 11.2. The minimum Gasteiger partial charge on any atom is -0.487 e. The van der Waals surface area contributed by atoms with Crippen LogP contribution in [0, 0.1) is 0 Å². The van der Waals surface area contributed by atoms with E-state index >= 15 is 0 Å². The molecule has 0 spiro atoms. The first-order valence-corrected chi connectivity index (χ1v) is 6.29. The van der Waals surface area contributed by atoms with Crippen molar-refractivity contribution in [2.24, 2.45) is 10.9 Å². The maximum atomic E-state index is 8.52. The van der Waals surface area contributed by atoms with Crippen molar-refractivity contribution in [3.8, 4) is 5.75 Å². The monoisotopic (exact) mass is 321 g/mol. The van der Waals surface area contributed by atoms with Crippen LogP contribution < -0.4 is 10.5 Å². The maximum Gasteiger partial charge on any atom is 0.188 e. The van der Waals surface area contributed by atoms with Gasteiger partial charge in [-0.2, -0.15) is 0 Å². The Bertz CT molecular complexity index is 585. The summed E-state index contributed by atoms with van der Waals surface area (Å²) in [4.78, 5) is 4.03. The van der Waals surface area contributed by atoms with Gasteiger partial charge in [-0.3, -0.25) is 0 Å². The number of nitrogens with two attached hydrogens (primary N) is 1. The van der Waals surface area contributed by atoms with Crippen LogP contribution in [0.2, 0.25) is 0 Å². The van der Waals surface area contributed by atoms with Crippen LogP contribution in [0.4, 0.5) is 0 Å². The lowest BCUT2D eigenvalue weighted by Gasteiger charge is -2.06. The van der Waals surface area contributed by atoms with E-state index in [0.29, 0.717) is 18.1 Å². The lowest BCUT2D eigenvalue weighted by Crippen LogP contribution is -2.14. The fourth-order valence-electron chi connectivity index (χ4n) is 1.46. The van der Waals surface area contributed by atoms with E-state index in [-0.39, 0.29) is 5.84 Å². The molecule has 0 aliphatic rings. The predicted octanol–water partition coefficient (Wildman–Crippen LogP) is 2.52. The molecule has 0 amide bonds. The largest absolute Gasteiger partial charge is 0.487 e. The molecule has 0 saturated heterocycles. The molecule has 98 valence electrons. The molecule has 0 bridgehead atoms. The number of hydrogen-bond donors (Lipinski definition) is 2. The van der Waals surface area contributed by atoms with Gasteiger partial charge in [0, 0.05) is 4.47 Å². The van der Waals surface area contributed by atoms with Gasteiger partial charge in [0.05, 0.1) is 6.20 Å². The number of halogens is 1. The second-order valence-electron chi connectivity index (χ2n) is 3.78. The molecule has 1 aromatic heterocycles. The Morgan fingerprint density at radius 3 is 2.84 bits per heavy atom. The van der Waals surface area contributed by atoms with Crippen LogP contribution in [-0.4, -0.2) is 16.0 Å². The third kappa shape index (κ3) is 3.69. The Morgan fingerprint density at radius 2 is 2.21 bits per heavy atom. The molecule has 0 radical (unpaired) electrons. The molecule has 6 heteroatoms. The topological polar surface area (TPSA) is 80.7 Å². The number of pyridine rings is 1. The molecule has 2 aromatic rings. The summed E-state index contributed by atoms with van der Waals surface area (Å²) in [5.74, 6) is 0.591. The van der Waals surface area contributed by atoms with Crippen molar-refractivity contribution in [1.82, 2.24) is 4.98 Å². The van der Waals surface area contributed by atoms with Gasteiger partial charge in [-0.05, 0) is 29.8 Å². The van der Waals surface area contributed by atoms with E-state index in [9.17, 15) is 0 Å². The number of aromatic nitrogens is 1. The Hall–Kier alpha value is -2.08. The number of oxime groups is 1. The van der Waals surface area contributed by atoms with E-state index in [4.69, 9.17) is 15.7 Å². The Labute approximate surface area is 118 Å². The van der Waals surface area contributed by atoms with Crippen LogP contribution in [0.1, 0.15) is 11.3 Å². The second-order valence-corrected chi connectivity index (χ2v) is 4.70. The number of ether oxygens (including phenoxy) is 1. The molecule has 1 heterocycles. The average molecular weight is 322 g/mol. The lowest BCUT2D eigenvalue weighted by atomic mass is 10.2. The minimum absolute atomic E-state index is 0.0291. The molecular formula is C13H12BrN3O2. The first-order valence-electron chi connectivity index (χ1n) is 5.50. The van der Waals surface area contributed by atoms with Crippen LogP contribution in [0.15, 0.2) is 52.2 Å². The summed E-state index contributed by atoms with van der Waals surface area (Å²) in [5.41, 5.74) is 6.87. The van der Waals surface area contributed by atoms with Gasteiger partial charge >= 0.3 is 0 Å². The lowest BCUT2D eigenvalue weighted by molar-refractivity contribution is 0.304. The van der Waals surface area contributed by atoms with Gasteiger partial charge in [-0.15, -0.1) is 0 Å². The third-order valence-corrected chi connectivity index (χ3v) is 2.89. The summed E-state index contributed by atoms with van der Waals surface area (Å²) in [7, 11) is 0. The van der Waals surface area contributed by atoms with Gasteiger partial charge in [-0.1, -0.05) is 33.2 Å². The standard InChI is InChI=1S/C13H12BrN3O2/c14-10-3-1-2-9(6-10)8-19-11-4-5-12(16-7-11)13(15)17-18/h1-7,18H,8H2,(H2,15,17). The summed E-state index contributed by atoms with van der Waals surface area (Å²) in [5, 5.41) is 11.4. The zero-order valence-corrected chi connectivity index (χ0v) is 11.5. The molecule has 2 rings (SSSR count). The Balaban J connectivity index is 2.00. The molecule has 0 unspecified atom stereocenters. The zero-order chi connectivity index (χ0) is 13.7. The molecule has 0 saturated carbocycles. The van der Waals surface area contributed by atoms with Gasteiger partial charge in [0.15, 0.2) is 5.84 Å². The quantitative estimate of drug-likeness (QED) is 0.392. The summed E-state index contributed by atoms with van der Waals surface area (Å²) in [6.45, 7) is 0.448. The van der Waals surface area contributed by atoms with E-state index in [1.54, 1.807) is 12.1 Å². The average Bonchev–Trinajstić information content (AvgIpc) is 2.45. The van der Waals surface area contributed by atoms with Crippen molar-refractivity contribution in [2.45, 2.75) is 6.61 Å². The molecule has 1 aromatic carbocycles. The number of nitrogens with zero attached hydrogens (tertiary/aromatic N) is 2. The number of rotatable bonds is 4. The van der Waals surface area contributed by atoms with Gasteiger partial charge in [0.25, 0.3) is 0 Å². The van der Waals surface area contributed by atoms with Crippen molar-refractivity contribution in [3.05, 3.63) is 58.3 Å². The van der Waals surface area contributed by atoms with Crippen molar-refractivity contribution in [3.63, 3.8) is 0 Å². The van der Waals surface area contributed by atoms with Gasteiger partial charge in [0.1, 0.15) is 18.1 Å². The van der Waals surface area contributed by atoms with E-state index in [1.807, 2.05) is 24.3 Å². The number of benzene rings is 1. The molecule has 0 aliphatic carbocycles. The van der Waals surface area contributed by atoms with Crippen molar-refractivity contribution >= 4 is 21.8 Å². The van der Waals surface area contributed by atoms with E-state index < -0.39 is 0 Å². The number of amidine groups is 1. The molecule has 19 heavy (non-hydrogen) atoms. The van der Waals surface area contributed by atoms with Crippen molar-refractivity contribution in [2.75, 3.05) is 0 Å². The minimum atomic E-state index is -0.0291. The summed E-state index contributed by atoms with van der Waals surface area (Å²) < 4.78 is 6.60. The molecule has 3 N–H and O–H groups in total. The van der Waals surface area contributed by atoms with Crippen molar-refractivity contribution in [1.29, 1.82) is 0 Å². The summed E-state index contributed by atoms with van der Waals surface area (Å²) in [6.07, 6.45) is 1.53. The molecule has 0 atom stereocenters. The third-order valence-electron chi connectivity index (χ3n) is 2.40. The van der Waals surface area contributed by atoms with Gasteiger partial charge in [-0.25, -0.2) is 4.98 Å². The van der Waals surface area contributed by atoms with E-state index in [1.165, 1.54) is 6.20 Å². The van der Waals surface area contributed by atoms with Crippen LogP contribution in [0.5, 0.6) is 5.75 Å². The highest BCUT2D eigenvalue weighted by Gasteiger charge is 2.02. The zero-order valence-electron chi connectivity index (χ0n) is 9.95. The van der Waals surface area contributed by atoms with Crippen LogP contribution in [-0.2, 0) is 6.61 Å². The SMILES string of the molecule is N/C(=N/O)c1ccc(OCc2cccc(Br)c2)cn1. The molecule has 0 fully saturated rings. The second kappa shape index (κ2) is 6.19. The fourth-order valence-corrected chi connectivity index (χ4v) is 1.91. The highest BCUT2D eigenvalue weighted by molar-refractivity contribution is 9.10. The van der Waals surface area contributed by atoms with Gasteiger partial charge < -0.3 is 15.7 Å². The normalized spacial score (nSPS) is 11.3. The highest BCUT2D eigenvalue weighted by Crippen LogP contribution is 2.15. The highest BCUT2D eigenvalue weighted by atomic mass is 79.9. The summed E-state index contributed by atoms with van der Waals surface area (Å²) >= 11 is 3.40. The maximum absolute atomic E-state index is 8.52. The smallest absolute Gasteiger partial charge is 0.188 e. The first-order chi connectivity index (χ1) is 9.19. The molecule has 5 nitrogen and oxygen atoms in total. The Morgan fingerprint density at radius 1 is 1.37 bits per heavy atom. The Kier molecular flexibility index (Phi) is 4.35. The van der Waals surface area contributed by atoms with Gasteiger partial charge in [0.2, 0.25) is 0 Å². The van der Waals surface area contributed by atoms with E-state index in [0.717, 1.165) is 10.0 Å². The number of hydrogen-bond acceptors (Lipinski definition) is 4. The van der Waals surface area contributed by atoms with E-state index in [2.05, 4.69) is 26.1 Å².